The van der Waals surface area contributed by atoms with Gasteiger partial charge in [-0.05, 0) is 13.8 Å². The monoisotopic (exact) mass is 236 g/mol. The summed E-state index contributed by atoms with van der Waals surface area (Å²) in [7, 11) is 0. The van der Waals surface area contributed by atoms with E-state index in [9.17, 15) is 0 Å². The fourth-order valence-corrected chi connectivity index (χ4v) is 0.435. The van der Waals surface area contributed by atoms with Crippen molar-refractivity contribution in [2.24, 2.45) is 0 Å². The van der Waals surface area contributed by atoms with Gasteiger partial charge in [0.25, 0.3) is 0 Å². The highest BCUT2D eigenvalue weighted by Crippen LogP contribution is 1.68. The molecule has 0 fully saturated rings. The molecule has 0 rings (SSSR count). The van der Waals surface area contributed by atoms with Crippen molar-refractivity contribution < 1.29 is 19.7 Å². The van der Waals surface area contributed by atoms with Gasteiger partial charge in [-0.1, -0.05) is 0 Å². The van der Waals surface area contributed by atoms with Crippen molar-refractivity contribution in [3.05, 3.63) is 26.3 Å². The van der Waals surface area contributed by atoms with Gasteiger partial charge in [0.1, 0.15) is 0 Å². The van der Waals surface area contributed by atoms with E-state index in [1.165, 1.54) is 0 Å². The molecule has 2 N–H and O–H groups in total. The lowest BCUT2D eigenvalue weighted by molar-refractivity contribution is 0.0650. The molecular weight excluding hydrogens is 208 g/mol. The van der Waals surface area contributed by atoms with Crippen LogP contribution in [0.5, 0.6) is 0 Å². The molecule has 4 heteroatoms. The molecule has 0 saturated carbocycles. The van der Waals surface area contributed by atoms with Crippen LogP contribution < -0.4 is 0 Å². The van der Waals surface area contributed by atoms with Gasteiger partial charge in [0.15, 0.2) is 0 Å². The Kier molecular flexibility index (Phi) is 72.7. The quantitative estimate of drug-likeness (QED) is 0.543. The molecule has 0 aromatic rings. The lowest BCUT2D eigenvalue weighted by atomic mass is 10.7. The van der Waals surface area contributed by atoms with Crippen molar-refractivity contribution in [1.82, 2.24) is 0 Å². The van der Waals surface area contributed by atoms with Crippen LogP contribution in [0.15, 0.2) is 26.3 Å². The average molecular weight is 236 g/mol. The first-order valence-electron chi connectivity index (χ1n) is 5.20. The summed E-state index contributed by atoms with van der Waals surface area (Å²) in [6.45, 7) is 18.4. The molecule has 100 valence electrons. The van der Waals surface area contributed by atoms with E-state index < -0.39 is 0 Å². The van der Waals surface area contributed by atoms with Crippen LogP contribution in [-0.4, -0.2) is 49.9 Å². The summed E-state index contributed by atoms with van der Waals surface area (Å²) in [4.78, 5) is 0. The van der Waals surface area contributed by atoms with Gasteiger partial charge in [0.05, 0.1) is 26.4 Å². The predicted molar refractivity (Wildman–Crippen MR) is 69.7 cm³/mol. The zero-order valence-corrected chi connectivity index (χ0v) is 10.8. The normalized spacial score (nSPS) is 7.25. The summed E-state index contributed by atoms with van der Waals surface area (Å²) >= 11 is 0. The molecule has 4 nitrogen and oxygen atoms in total. The number of rotatable bonds is 6. The van der Waals surface area contributed by atoms with Crippen molar-refractivity contribution in [2.75, 3.05) is 39.6 Å². The molecule has 0 aliphatic heterocycles. The van der Waals surface area contributed by atoms with E-state index in [1.807, 2.05) is 13.8 Å². The number of ether oxygens (including phenoxy) is 2. The Morgan fingerprint density at radius 3 is 1.19 bits per heavy atom. The van der Waals surface area contributed by atoms with Crippen LogP contribution in [0.25, 0.3) is 0 Å². The summed E-state index contributed by atoms with van der Waals surface area (Å²) in [5.41, 5.74) is 0. The Hall–Kier alpha value is -0.680. The number of aliphatic hydroxyl groups is 2. The smallest absolute Gasteiger partial charge is 0.0698 e. The van der Waals surface area contributed by atoms with Crippen molar-refractivity contribution >= 4 is 0 Å². The van der Waals surface area contributed by atoms with Crippen LogP contribution in [0.2, 0.25) is 0 Å². The summed E-state index contributed by atoms with van der Waals surface area (Å²) in [5, 5.41) is 16.2. The lowest BCUT2D eigenvalue weighted by Gasteiger charge is -1.94. The Labute approximate surface area is 100 Å². The van der Waals surface area contributed by atoms with Gasteiger partial charge >= 0.3 is 0 Å². The molecule has 0 bridgehead atoms. The van der Waals surface area contributed by atoms with Gasteiger partial charge in [-0.3, -0.25) is 0 Å². The van der Waals surface area contributed by atoms with Gasteiger partial charge < -0.3 is 19.7 Å². The van der Waals surface area contributed by atoms with Crippen molar-refractivity contribution in [1.29, 1.82) is 0 Å². The zero-order valence-electron chi connectivity index (χ0n) is 10.8. The third-order valence-corrected chi connectivity index (χ3v) is 0.879. The molecule has 0 heterocycles. The molecular formula is C12H28O4. The van der Waals surface area contributed by atoms with Gasteiger partial charge in [-0.25, -0.2) is 0 Å². The Bertz CT molecular complexity index is 71.4. The fourth-order valence-electron chi connectivity index (χ4n) is 0.435. The van der Waals surface area contributed by atoms with Crippen LogP contribution in [0.3, 0.4) is 0 Å². The molecule has 0 aromatic carbocycles. The summed E-state index contributed by atoms with van der Waals surface area (Å²) in [5.74, 6) is 0. The van der Waals surface area contributed by atoms with Crippen molar-refractivity contribution in [3.63, 3.8) is 0 Å². The molecule has 0 spiro atoms. The average Bonchev–Trinajstić information content (AvgIpc) is 2.37. The summed E-state index contributed by atoms with van der Waals surface area (Å²) < 4.78 is 9.47. The minimum Gasteiger partial charge on any atom is -0.394 e. The molecule has 0 atom stereocenters. The number of aliphatic hydroxyl groups excluding tert-OH is 2. The van der Waals surface area contributed by atoms with Gasteiger partial charge in [-0.2, -0.15) is 0 Å². The highest BCUT2D eigenvalue weighted by Gasteiger charge is 1.79. The highest BCUT2D eigenvalue weighted by atomic mass is 16.5. The highest BCUT2D eigenvalue weighted by molar-refractivity contribution is 4.24. The van der Waals surface area contributed by atoms with E-state index in [4.69, 9.17) is 14.9 Å². The zero-order chi connectivity index (χ0) is 13.7. The van der Waals surface area contributed by atoms with Gasteiger partial charge in [0.2, 0.25) is 0 Å². The van der Waals surface area contributed by atoms with E-state index in [1.54, 1.807) is 0 Å². The number of hydrogen-bond acceptors (Lipinski definition) is 4. The van der Waals surface area contributed by atoms with Crippen LogP contribution in [0.4, 0.5) is 0 Å². The number of hydrogen-bond donors (Lipinski definition) is 2. The minimum absolute atomic E-state index is 0.0278. The molecule has 0 aliphatic carbocycles. The molecule has 16 heavy (non-hydrogen) atoms. The lowest BCUT2D eigenvalue weighted by Crippen LogP contribution is -2.03. The molecule has 0 unspecified atom stereocenters. The minimum atomic E-state index is 0.0278. The van der Waals surface area contributed by atoms with Crippen LogP contribution in [0.1, 0.15) is 13.8 Å². The Morgan fingerprint density at radius 1 is 0.750 bits per heavy atom. The Morgan fingerprint density at radius 2 is 1.06 bits per heavy atom. The maximum Gasteiger partial charge on any atom is 0.0698 e. The summed E-state index contributed by atoms with van der Waals surface area (Å²) in [6, 6.07) is 0. The molecule has 0 aromatic heterocycles. The first kappa shape index (κ1) is 24.5. The topological polar surface area (TPSA) is 58.9 Å². The second kappa shape index (κ2) is 47.4. The van der Waals surface area contributed by atoms with Crippen LogP contribution in [0, 0.1) is 0 Å². The third-order valence-electron chi connectivity index (χ3n) is 0.879. The maximum absolute atomic E-state index is 8.09. The first-order valence-corrected chi connectivity index (χ1v) is 5.20. The molecule has 0 saturated heterocycles. The summed E-state index contributed by atoms with van der Waals surface area (Å²) in [6.07, 6.45) is 0. The standard InChI is InChI=1S/C4H10O3.C4H10O.2C2H4/c5-1-3-7-4-2-6;1-3-5-4-2;2*1-2/h5-6H,1-4H2;3-4H2,1-2H3;2*1-2H2. The molecule has 0 aliphatic rings. The van der Waals surface area contributed by atoms with E-state index in [0.29, 0.717) is 13.2 Å². The predicted octanol–water partition coefficient (Wildman–Crippen LogP) is 1.63. The second-order valence-corrected chi connectivity index (χ2v) is 1.84. The van der Waals surface area contributed by atoms with Crippen molar-refractivity contribution in [3.8, 4) is 0 Å². The van der Waals surface area contributed by atoms with E-state index >= 15 is 0 Å². The van der Waals surface area contributed by atoms with E-state index in [-0.39, 0.29) is 13.2 Å². The largest absolute Gasteiger partial charge is 0.394 e. The second-order valence-electron chi connectivity index (χ2n) is 1.84. The fraction of sp³-hybridized carbons (Fsp3) is 0.667. The molecule has 0 radical (unpaired) electrons. The maximum atomic E-state index is 8.09. The first-order chi connectivity index (χ1) is 7.83. The third kappa shape index (κ3) is 71.4. The molecule has 0 amide bonds. The Balaban J connectivity index is -0.0000000704. The van der Waals surface area contributed by atoms with Crippen molar-refractivity contribution in [2.45, 2.75) is 13.8 Å². The van der Waals surface area contributed by atoms with Gasteiger partial charge in [-0.15, -0.1) is 26.3 Å². The van der Waals surface area contributed by atoms with Crippen LogP contribution >= 0.6 is 0 Å². The van der Waals surface area contributed by atoms with E-state index in [2.05, 4.69) is 31.1 Å². The van der Waals surface area contributed by atoms with E-state index in [0.717, 1.165) is 13.2 Å². The SMILES string of the molecule is C=C.C=C.CCOCC.OCCOCCO. The van der Waals surface area contributed by atoms with Gasteiger partial charge in [0, 0.05) is 13.2 Å². The van der Waals surface area contributed by atoms with Crippen LogP contribution in [-0.2, 0) is 9.47 Å².